The van der Waals surface area contributed by atoms with Gasteiger partial charge in [-0.2, -0.15) is 0 Å². The molecule has 0 amide bonds. The third kappa shape index (κ3) is 8.71. The van der Waals surface area contributed by atoms with E-state index in [4.69, 9.17) is 5.73 Å². The van der Waals surface area contributed by atoms with E-state index in [2.05, 4.69) is 24.9 Å². The molecule has 4 heterocycles. The van der Waals surface area contributed by atoms with Crippen LogP contribution in [0.25, 0.3) is 0 Å². The Morgan fingerprint density at radius 2 is 1.48 bits per heavy atom. The van der Waals surface area contributed by atoms with Crippen LogP contribution in [0, 0.1) is 13.8 Å². The summed E-state index contributed by atoms with van der Waals surface area (Å²) >= 11 is 0. The van der Waals surface area contributed by atoms with Gasteiger partial charge >= 0.3 is 21.1 Å². The Morgan fingerprint density at radius 3 is 1.86 bits per heavy atom. The number of aryl methyl sites for hydroxylation is 2. The maximum Gasteiger partial charge on any atom is 2.00 e. The molecule has 0 radical (unpaired) electrons. The Kier molecular flexibility index (Phi) is 12.7. The quantitative estimate of drug-likeness (QED) is 0.406. The van der Waals surface area contributed by atoms with Crippen LogP contribution in [0.5, 0.6) is 0 Å². The molecule has 0 aromatic carbocycles. The van der Waals surface area contributed by atoms with Crippen molar-refractivity contribution in [1.29, 1.82) is 0 Å². The number of nitrogens with two attached hydrogens (primary N) is 1. The van der Waals surface area contributed by atoms with E-state index < -0.39 is 6.04 Å². The minimum atomic E-state index is -0.479. The molecule has 2 aromatic rings. The summed E-state index contributed by atoms with van der Waals surface area (Å²) in [7, 11) is 0. The number of likely N-dealkylation sites (N-methyl/N-ethyl adjacent to an activating group) is 1. The van der Waals surface area contributed by atoms with Crippen molar-refractivity contribution in [3.8, 4) is 0 Å². The second-order valence-electron chi connectivity index (χ2n) is 5.94. The predicted molar refractivity (Wildman–Crippen MR) is 105 cm³/mol. The van der Waals surface area contributed by atoms with Crippen LogP contribution in [0.4, 0.5) is 0 Å². The number of hydrogen-bond acceptors (Lipinski definition) is 8. The average molecular weight is 597 g/mol. The first-order valence-electron chi connectivity index (χ1n) is 8.62. The number of hydrogen-bond donors (Lipinski definition) is 1. The van der Waals surface area contributed by atoms with Crippen molar-refractivity contribution in [2.45, 2.75) is 33.0 Å². The van der Waals surface area contributed by atoms with E-state index in [9.17, 15) is 5.11 Å². The summed E-state index contributed by atoms with van der Waals surface area (Å²) in [6.45, 7) is 6.81. The van der Waals surface area contributed by atoms with Gasteiger partial charge in [0.15, 0.2) is 6.17 Å². The molecule has 0 fully saturated rings. The van der Waals surface area contributed by atoms with Gasteiger partial charge in [-0.15, -0.1) is 0 Å². The summed E-state index contributed by atoms with van der Waals surface area (Å²) in [4.78, 5) is 21.2. The van der Waals surface area contributed by atoms with Crippen LogP contribution >= 0.6 is 0 Å². The fourth-order valence-corrected chi connectivity index (χ4v) is 2.29. The molecule has 2 N–H and O–H groups in total. The molecule has 0 bridgehead atoms. The van der Waals surface area contributed by atoms with Gasteiger partial charge in [0.25, 0.3) is 0 Å². The number of rotatable bonds is 1. The van der Waals surface area contributed by atoms with Gasteiger partial charge in [-0.1, -0.05) is 0 Å². The Bertz CT molecular complexity index is 765. The van der Waals surface area contributed by atoms with Crippen LogP contribution in [-0.2, 0) is 21.1 Å². The molecule has 2 aliphatic heterocycles. The average Bonchev–Trinajstić information content (AvgIpc) is 3.07. The number of pyridine rings is 2. The van der Waals surface area contributed by atoms with Crippen LogP contribution in [-0.4, -0.2) is 51.8 Å². The third-order valence-electron chi connectivity index (χ3n) is 3.80. The molecular formula is C19H24ClN7OPt. The summed E-state index contributed by atoms with van der Waals surface area (Å²) in [5.41, 5.74) is 7.90. The summed E-state index contributed by atoms with van der Waals surface area (Å²) in [5, 5.41) is 11.3. The first-order chi connectivity index (χ1) is 13.0. The molecule has 0 spiro atoms. The zero-order chi connectivity index (χ0) is 19.6. The predicted octanol–water partition coefficient (Wildman–Crippen LogP) is -2.09. The Balaban J connectivity index is 0.000000423. The van der Waals surface area contributed by atoms with Crippen molar-refractivity contribution >= 4 is 18.2 Å². The molecule has 4 rings (SSSR count). The van der Waals surface area contributed by atoms with Crippen molar-refractivity contribution in [2.75, 3.05) is 6.54 Å². The summed E-state index contributed by atoms with van der Waals surface area (Å²) in [5.74, 6) is -0.250. The van der Waals surface area contributed by atoms with Crippen LogP contribution in [0.2, 0.25) is 0 Å². The van der Waals surface area contributed by atoms with E-state index in [1.807, 2.05) is 49.9 Å². The Morgan fingerprint density at radius 1 is 1.00 bits per heavy atom. The first-order valence-corrected chi connectivity index (χ1v) is 8.62. The number of aromatic nitrogens is 2. The molecule has 0 aliphatic carbocycles. The van der Waals surface area contributed by atoms with Crippen LogP contribution in [0.1, 0.15) is 18.1 Å². The van der Waals surface area contributed by atoms with Gasteiger partial charge in [0.1, 0.15) is 6.04 Å². The number of guanidine groups is 1. The molecular weight excluding hydrogens is 573 g/mol. The molecule has 2 atom stereocenters. The van der Waals surface area contributed by atoms with E-state index in [1.165, 1.54) is 11.1 Å². The maximum atomic E-state index is 11.3. The number of nitrogens with zero attached hydrogens (tertiary/aromatic N) is 6. The molecule has 2 aliphatic rings. The molecule has 158 valence electrons. The van der Waals surface area contributed by atoms with E-state index >= 15 is 0 Å². The van der Waals surface area contributed by atoms with Crippen molar-refractivity contribution in [3.05, 3.63) is 60.2 Å². The van der Waals surface area contributed by atoms with Crippen LogP contribution < -0.4 is 23.2 Å². The number of fused-ring (bicyclic) bond motifs is 1. The van der Waals surface area contributed by atoms with Crippen molar-refractivity contribution in [3.63, 3.8) is 0 Å². The fraction of sp³-hybridized carbons (Fsp3) is 0.316. The molecule has 10 heteroatoms. The van der Waals surface area contributed by atoms with E-state index in [1.54, 1.807) is 31.1 Å². The first kappa shape index (κ1) is 26.7. The molecule has 8 nitrogen and oxygen atoms in total. The fourth-order valence-electron chi connectivity index (χ4n) is 2.29. The largest absolute Gasteiger partial charge is 2.00 e. The van der Waals surface area contributed by atoms with Gasteiger partial charge in [0, 0.05) is 31.3 Å². The molecule has 2 unspecified atom stereocenters. The summed E-state index contributed by atoms with van der Waals surface area (Å²) in [6, 6.07) is 7.41. The van der Waals surface area contributed by atoms with E-state index in [-0.39, 0.29) is 51.5 Å². The van der Waals surface area contributed by atoms with Gasteiger partial charge in [0.2, 0.25) is 5.96 Å². The van der Waals surface area contributed by atoms with E-state index in [0.29, 0.717) is 0 Å². The smallest absolute Gasteiger partial charge is 1.00 e. The SMILES string of the molecule is CCN1C=NC2C([O-])=NC(N)=NC21.Cc1ccncc1.Cc1ccncc1.[Cl-].[Pt+2]. The Labute approximate surface area is 191 Å². The molecule has 29 heavy (non-hydrogen) atoms. The van der Waals surface area contributed by atoms with Gasteiger partial charge in [-0.05, 0) is 62.1 Å². The van der Waals surface area contributed by atoms with Gasteiger partial charge in [0.05, 0.1) is 6.34 Å². The van der Waals surface area contributed by atoms with Crippen molar-refractivity contribution < 1.29 is 38.6 Å². The van der Waals surface area contributed by atoms with Crippen LogP contribution in [0.15, 0.2) is 64.0 Å². The standard InChI is InChI=1S/C7H11N5O.2C6H7N.ClH.Pt/c1-2-12-3-9-4-5(12)10-7(8)11-6(4)13;2*1-6-2-4-7-5-3-6;;/h3-5H,2H2,1H3,(H3,8,10,11,13);2*2-5H,1H3;1H;/q;;;;+2/p-2. The zero-order valence-corrected chi connectivity index (χ0v) is 19.4. The summed E-state index contributed by atoms with van der Waals surface area (Å²) in [6.07, 6.45) is 8.51. The van der Waals surface area contributed by atoms with Crippen molar-refractivity contribution in [2.24, 2.45) is 20.7 Å². The molecule has 2 aromatic heterocycles. The number of halogens is 1. The van der Waals surface area contributed by atoms with Crippen molar-refractivity contribution in [1.82, 2.24) is 14.9 Å². The van der Waals surface area contributed by atoms with Gasteiger partial charge in [-0.25, -0.2) is 9.98 Å². The monoisotopic (exact) mass is 596 g/mol. The van der Waals surface area contributed by atoms with Crippen LogP contribution in [0.3, 0.4) is 0 Å². The van der Waals surface area contributed by atoms with Gasteiger partial charge < -0.3 is 28.1 Å². The van der Waals surface area contributed by atoms with E-state index in [0.717, 1.165) is 6.54 Å². The zero-order valence-electron chi connectivity index (χ0n) is 16.4. The minimum absolute atomic E-state index is 0. The second kappa shape index (κ2) is 13.8. The minimum Gasteiger partial charge on any atom is -1.00 e. The Hall–Kier alpha value is -2.31. The maximum absolute atomic E-state index is 11.3. The third-order valence-corrected chi connectivity index (χ3v) is 3.80. The molecule has 0 saturated heterocycles. The topological polar surface area (TPSA) is 115 Å². The molecule has 0 saturated carbocycles. The normalized spacial score (nSPS) is 18.2. The van der Waals surface area contributed by atoms with Gasteiger partial charge in [-0.3, -0.25) is 15.0 Å². The number of aliphatic imine (C=N–C) groups is 3. The summed E-state index contributed by atoms with van der Waals surface area (Å²) < 4.78 is 0. The second-order valence-corrected chi connectivity index (χ2v) is 5.94.